The van der Waals surface area contributed by atoms with Crippen molar-refractivity contribution in [2.24, 2.45) is 0 Å². The molecule has 0 spiro atoms. The van der Waals surface area contributed by atoms with Crippen molar-refractivity contribution < 1.29 is 13.7 Å². The molecule has 0 fully saturated rings. The summed E-state index contributed by atoms with van der Waals surface area (Å²) in [5.41, 5.74) is 2.77. The second kappa shape index (κ2) is 8.14. The minimum atomic E-state index is -0.417. The molecule has 1 amide bonds. The van der Waals surface area contributed by atoms with Crippen LogP contribution < -0.4 is 5.32 Å². The van der Waals surface area contributed by atoms with Gasteiger partial charge in [-0.1, -0.05) is 41.6 Å². The summed E-state index contributed by atoms with van der Waals surface area (Å²) in [5, 5.41) is 6.78. The summed E-state index contributed by atoms with van der Waals surface area (Å²) in [6.07, 6.45) is 0. The molecule has 140 valence electrons. The van der Waals surface area contributed by atoms with Gasteiger partial charge in [-0.05, 0) is 44.3 Å². The van der Waals surface area contributed by atoms with E-state index in [0.29, 0.717) is 17.0 Å². The van der Waals surface area contributed by atoms with E-state index in [0.717, 1.165) is 11.1 Å². The summed E-state index contributed by atoms with van der Waals surface area (Å²) >= 11 is 0. The molecule has 3 rings (SSSR count). The molecule has 0 aliphatic carbocycles. The molecule has 2 aromatic carbocycles. The molecular formula is C21H22FN3O2. The van der Waals surface area contributed by atoms with Crippen molar-refractivity contribution in [3.05, 3.63) is 77.3 Å². The molecule has 1 N–H and O–H groups in total. The Bertz CT molecular complexity index is 936. The van der Waals surface area contributed by atoms with Crippen LogP contribution in [0.4, 0.5) is 4.39 Å². The minimum Gasteiger partial charge on any atom is -0.359 e. The number of rotatable bonds is 6. The first-order chi connectivity index (χ1) is 13.0. The Morgan fingerprint density at radius 2 is 1.89 bits per heavy atom. The Kier molecular flexibility index (Phi) is 5.66. The van der Waals surface area contributed by atoms with E-state index in [1.54, 1.807) is 24.3 Å². The van der Waals surface area contributed by atoms with Crippen molar-refractivity contribution in [2.75, 3.05) is 14.1 Å². The summed E-state index contributed by atoms with van der Waals surface area (Å²) in [5.74, 6) is -0.0457. The van der Waals surface area contributed by atoms with Crippen LogP contribution in [0.3, 0.4) is 0 Å². The number of aryl methyl sites for hydroxylation is 1. The van der Waals surface area contributed by atoms with E-state index in [4.69, 9.17) is 4.52 Å². The van der Waals surface area contributed by atoms with Gasteiger partial charge in [0.05, 0.1) is 6.54 Å². The predicted molar refractivity (Wildman–Crippen MR) is 101 cm³/mol. The quantitative estimate of drug-likeness (QED) is 0.722. The molecule has 0 radical (unpaired) electrons. The summed E-state index contributed by atoms with van der Waals surface area (Å²) in [4.78, 5) is 14.6. The maximum absolute atomic E-state index is 13.9. The van der Waals surface area contributed by atoms with Crippen LogP contribution in [0.2, 0.25) is 0 Å². The van der Waals surface area contributed by atoms with Crippen LogP contribution >= 0.6 is 0 Å². The smallest absolute Gasteiger partial charge is 0.242 e. The number of likely N-dealkylation sites (N-methyl/N-ethyl adjacent to an activating group) is 1. The molecule has 1 aromatic heterocycles. The van der Waals surface area contributed by atoms with Gasteiger partial charge in [-0.25, -0.2) is 4.39 Å². The lowest BCUT2D eigenvalue weighted by Gasteiger charge is -2.25. The number of amides is 1. The minimum absolute atomic E-state index is 0.141. The fourth-order valence-electron chi connectivity index (χ4n) is 3.01. The Balaban J connectivity index is 1.72. The van der Waals surface area contributed by atoms with E-state index < -0.39 is 6.04 Å². The average Bonchev–Trinajstić information content (AvgIpc) is 3.11. The Labute approximate surface area is 157 Å². The lowest BCUT2D eigenvalue weighted by molar-refractivity contribution is -0.126. The second-order valence-corrected chi connectivity index (χ2v) is 6.60. The number of nitrogens with zero attached hydrogens (tertiary/aromatic N) is 2. The second-order valence-electron chi connectivity index (χ2n) is 6.60. The van der Waals surface area contributed by atoms with Crippen molar-refractivity contribution in [3.8, 4) is 11.3 Å². The predicted octanol–water partition coefficient (Wildman–Crippen LogP) is 3.71. The number of halogens is 1. The van der Waals surface area contributed by atoms with Gasteiger partial charge >= 0.3 is 0 Å². The molecule has 0 bridgehead atoms. The fraction of sp³-hybridized carbons (Fsp3) is 0.238. The number of benzene rings is 2. The van der Waals surface area contributed by atoms with E-state index in [9.17, 15) is 9.18 Å². The number of aromatic nitrogens is 1. The number of carbonyl (C=O) groups is 1. The number of carbonyl (C=O) groups excluding carboxylic acids is 1. The third kappa shape index (κ3) is 4.23. The third-order valence-corrected chi connectivity index (χ3v) is 4.39. The van der Waals surface area contributed by atoms with Gasteiger partial charge < -0.3 is 9.84 Å². The van der Waals surface area contributed by atoms with E-state index >= 15 is 0 Å². The summed E-state index contributed by atoms with van der Waals surface area (Å²) in [6, 6.07) is 15.4. The van der Waals surface area contributed by atoms with Crippen LogP contribution in [-0.2, 0) is 11.3 Å². The summed E-state index contributed by atoms with van der Waals surface area (Å²) < 4.78 is 19.1. The summed E-state index contributed by atoms with van der Waals surface area (Å²) in [6.45, 7) is 2.16. The van der Waals surface area contributed by atoms with Gasteiger partial charge in [0, 0.05) is 11.6 Å². The Morgan fingerprint density at radius 3 is 2.59 bits per heavy atom. The lowest BCUT2D eigenvalue weighted by Crippen LogP contribution is -2.37. The van der Waals surface area contributed by atoms with Crippen molar-refractivity contribution in [3.63, 3.8) is 0 Å². The first kappa shape index (κ1) is 18.8. The van der Waals surface area contributed by atoms with Crippen LogP contribution in [0.15, 0.2) is 59.1 Å². The number of hydrogen-bond donors (Lipinski definition) is 1. The lowest BCUT2D eigenvalue weighted by atomic mass is 10.00. The van der Waals surface area contributed by atoms with Gasteiger partial charge in [-0.3, -0.25) is 9.69 Å². The van der Waals surface area contributed by atoms with Gasteiger partial charge in [0.15, 0.2) is 5.76 Å². The fourth-order valence-corrected chi connectivity index (χ4v) is 3.01. The highest BCUT2D eigenvalue weighted by molar-refractivity contribution is 5.83. The first-order valence-corrected chi connectivity index (χ1v) is 8.67. The van der Waals surface area contributed by atoms with Crippen LogP contribution in [0.1, 0.15) is 22.9 Å². The topological polar surface area (TPSA) is 58.4 Å². The van der Waals surface area contributed by atoms with Crippen molar-refractivity contribution in [1.29, 1.82) is 0 Å². The molecule has 0 aliphatic rings. The highest BCUT2D eigenvalue weighted by Crippen LogP contribution is 2.24. The first-order valence-electron chi connectivity index (χ1n) is 8.67. The highest BCUT2D eigenvalue weighted by Gasteiger charge is 2.24. The number of hydrogen-bond acceptors (Lipinski definition) is 4. The largest absolute Gasteiger partial charge is 0.359 e. The molecule has 0 unspecified atom stereocenters. The van der Waals surface area contributed by atoms with E-state index in [2.05, 4.69) is 10.5 Å². The molecule has 27 heavy (non-hydrogen) atoms. The maximum atomic E-state index is 13.9. The molecule has 6 heteroatoms. The van der Waals surface area contributed by atoms with Crippen molar-refractivity contribution >= 4 is 5.91 Å². The maximum Gasteiger partial charge on any atom is 0.242 e. The SMILES string of the molecule is Cc1ccccc1[C@H](C(=O)NCc1cc(-c2ccccc2F)no1)N(C)C. The summed E-state index contributed by atoms with van der Waals surface area (Å²) in [7, 11) is 3.73. The molecule has 0 saturated heterocycles. The van der Waals surface area contributed by atoms with Crippen LogP contribution in [0.5, 0.6) is 0 Å². The Hall–Kier alpha value is -2.99. The van der Waals surface area contributed by atoms with Gasteiger partial charge in [-0.2, -0.15) is 0 Å². The van der Waals surface area contributed by atoms with E-state index in [1.165, 1.54) is 6.07 Å². The molecule has 5 nitrogen and oxygen atoms in total. The molecule has 0 saturated carbocycles. The molecule has 3 aromatic rings. The van der Waals surface area contributed by atoms with E-state index in [-0.39, 0.29) is 18.3 Å². The third-order valence-electron chi connectivity index (χ3n) is 4.39. The van der Waals surface area contributed by atoms with Crippen LogP contribution in [-0.4, -0.2) is 30.1 Å². The normalized spacial score (nSPS) is 12.2. The molecule has 0 aliphatic heterocycles. The molecule has 1 atom stereocenters. The number of nitrogens with one attached hydrogen (secondary N) is 1. The zero-order valence-corrected chi connectivity index (χ0v) is 15.6. The molecule has 1 heterocycles. The van der Waals surface area contributed by atoms with E-state index in [1.807, 2.05) is 50.2 Å². The highest BCUT2D eigenvalue weighted by atomic mass is 19.1. The zero-order valence-electron chi connectivity index (χ0n) is 15.6. The zero-order chi connectivity index (χ0) is 19.4. The van der Waals surface area contributed by atoms with Crippen LogP contribution in [0.25, 0.3) is 11.3 Å². The van der Waals surface area contributed by atoms with Gasteiger partial charge in [-0.15, -0.1) is 0 Å². The Morgan fingerprint density at radius 1 is 1.19 bits per heavy atom. The van der Waals surface area contributed by atoms with Crippen LogP contribution in [0, 0.1) is 12.7 Å². The van der Waals surface area contributed by atoms with Gasteiger partial charge in [0.1, 0.15) is 17.6 Å². The van der Waals surface area contributed by atoms with Crippen molar-refractivity contribution in [2.45, 2.75) is 19.5 Å². The molecular weight excluding hydrogens is 345 g/mol. The standard InChI is InChI=1S/C21H22FN3O2/c1-14-8-4-5-9-16(14)20(25(2)3)21(26)23-13-15-12-19(24-27-15)17-10-6-7-11-18(17)22/h4-12,20H,13H2,1-3H3,(H,23,26)/t20-/m1/s1. The monoisotopic (exact) mass is 367 g/mol. The van der Waals surface area contributed by atoms with Gasteiger partial charge in [0.2, 0.25) is 5.91 Å². The average molecular weight is 367 g/mol. The van der Waals surface area contributed by atoms with Gasteiger partial charge in [0.25, 0.3) is 0 Å². The van der Waals surface area contributed by atoms with Crippen molar-refractivity contribution in [1.82, 2.24) is 15.4 Å².